The highest BCUT2D eigenvalue weighted by Crippen LogP contribution is 2.42. The molecule has 0 amide bonds. The second-order valence-electron chi connectivity index (χ2n) is 13.7. The number of amidine groups is 2. The van der Waals surface area contributed by atoms with E-state index in [9.17, 15) is 0 Å². The zero-order chi connectivity index (χ0) is 35.6. The number of anilines is 1. The topological polar surface area (TPSA) is 75.1 Å². The first-order valence-electron chi connectivity index (χ1n) is 18.2. The van der Waals surface area contributed by atoms with Crippen molar-refractivity contribution in [2.45, 2.75) is 6.17 Å². The van der Waals surface area contributed by atoms with E-state index in [-0.39, 0.29) is 6.17 Å². The van der Waals surface area contributed by atoms with Crippen LogP contribution in [0.3, 0.4) is 0 Å². The van der Waals surface area contributed by atoms with Crippen LogP contribution in [0.4, 0.5) is 5.88 Å². The van der Waals surface area contributed by atoms with E-state index in [2.05, 4.69) is 132 Å². The van der Waals surface area contributed by atoms with Gasteiger partial charge in [0.15, 0.2) is 5.84 Å². The van der Waals surface area contributed by atoms with Crippen molar-refractivity contribution in [3.05, 3.63) is 180 Å². The third-order valence-electron chi connectivity index (χ3n) is 10.6. The number of hydrogen-bond acceptors (Lipinski definition) is 6. The van der Waals surface area contributed by atoms with Crippen LogP contribution >= 0.6 is 0 Å². The van der Waals surface area contributed by atoms with Gasteiger partial charge >= 0.3 is 0 Å². The van der Waals surface area contributed by atoms with Gasteiger partial charge in [-0.2, -0.15) is 0 Å². The lowest BCUT2D eigenvalue weighted by molar-refractivity contribution is 0.628. The number of hydrogen-bond donors (Lipinski definition) is 2. The average molecular weight is 697 g/mol. The Morgan fingerprint density at radius 1 is 0.519 bits per heavy atom. The molecule has 2 aliphatic heterocycles. The number of rotatable bonds is 5. The van der Waals surface area contributed by atoms with Gasteiger partial charge in [-0.05, 0) is 56.8 Å². The van der Waals surface area contributed by atoms with E-state index in [4.69, 9.17) is 18.8 Å². The molecular weight excluding hydrogens is 665 g/mol. The van der Waals surface area contributed by atoms with E-state index >= 15 is 0 Å². The predicted molar refractivity (Wildman–Crippen MR) is 221 cm³/mol. The summed E-state index contributed by atoms with van der Waals surface area (Å²) in [7, 11) is 0. The molecule has 0 saturated carbocycles. The molecule has 54 heavy (non-hydrogen) atoms. The van der Waals surface area contributed by atoms with Crippen molar-refractivity contribution < 1.29 is 8.83 Å². The molecule has 0 saturated heterocycles. The highest BCUT2D eigenvalue weighted by Gasteiger charge is 2.25. The summed E-state index contributed by atoms with van der Waals surface area (Å²) in [6, 6.07) is 52.9. The Hall–Kier alpha value is -7.18. The maximum atomic E-state index is 6.25. The van der Waals surface area contributed by atoms with Crippen LogP contribution in [-0.4, -0.2) is 18.2 Å². The summed E-state index contributed by atoms with van der Waals surface area (Å²) in [5, 5.41) is 12.7. The van der Waals surface area contributed by atoms with Crippen LogP contribution in [0.15, 0.2) is 177 Å². The van der Waals surface area contributed by atoms with Crippen molar-refractivity contribution in [2.75, 3.05) is 11.9 Å². The minimum Gasteiger partial charge on any atom is -0.456 e. The van der Waals surface area contributed by atoms with Crippen LogP contribution in [0, 0.1) is 0 Å². The number of nitrogens with one attached hydrogen (secondary N) is 2. The van der Waals surface area contributed by atoms with Gasteiger partial charge in [0, 0.05) is 39.4 Å². The van der Waals surface area contributed by atoms with Gasteiger partial charge in [0.1, 0.15) is 28.8 Å². The molecule has 6 heteroatoms. The fraction of sp³-hybridized carbons (Fsp3) is 0.0417. The van der Waals surface area contributed by atoms with Gasteiger partial charge in [-0.1, -0.05) is 146 Å². The van der Waals surface area contributed by atoms with Crippen molar-refractivity contribution in [3.8, 4) is 22.3 Å². The third-order valence-corrected chi connectivity index (χ3v) is 10.6. The molecule has 0 spiro atoms. The largest absolute Gasteiger partial charge is 0.456 e. The molecule has 2 aliphatic rings. The van der Waals surface area contributed by atoms with Crippen LogP contribution in [0.1, 0.15) is 28.4 Å². The van der Waals surface area contributed by atoms with Crippen LogP contribution in [0.25, 0.3) is 72.0 Å². The SMILES string of the molecule is C1=Cc2c(oc3cccc(C4=NC(c5ccccc5)NC(c5ccc(-c6ccc(-c7cccc8oc9ccccc9c78)c7ccccc67)cc5)=N4)c23)NC1. The van der Waals surface area contributed by atoms with E-state index in [1.54, 1.807) is 0 Å². The summed E-state index contributed by atoms with van der Waals surface area (Å²) in [6.45, 7) is 0.737. The van der Waals surface area contributed by atoms with Crippen molar-refractivity contribution in [1.29, 1.82) is 0 Å². The summed E-state index contributed by atoms with van der Waals surface area (Å²) in [6.07, 6.45) is 3.92. The van der Waals surface area contributed by atoms with Crippen LogP contribution in [-0.2, 0) is 0 Å². The molecule has 2 aromatic heterocycles. The minimum absolute atomic E-state index is 0.312. The molecule has 1 unspecified atom stereocenters. The monoisotopic (exact) mass is 696 g/mol. The first kappa shape index (κ1) is 30.4. The number of benzene rings is 7. The molecule has 0 bridgehead atoms. The van der Waals surface area contributed by atoms with Crippen molar-refractivity contribution in [1.82, 2.24) is 5.32 Å². The Morgan fingerprint density at radius 2 is 1.19 bits per heavy atom. The minimum atomic E-state index is -0.312. The van der Waals surface area contributed by atoms with E-state index in [1.807, 2.05) is 42.5 Å². The maximum absolute atomic E-state index is 6.25. The fourth-order valence-electron chi connectivity index (χ4n) is 8.09. The molecule has 7 aromatic carbocycles. The van der Waals surface area contributed by atoms with Gasteiger partial charge in [-0.25, -0.2) is 9.98 Å². The molecule has 0 radical (unpaired) electrons. The number of nitrogens with zero attached hydrogens (tertiary/aromatic N) is 2. The molecule has 1 atom stereocenters. The number of para-hydroxylation sites is 1. The summed E-state index contributed by atoms with van der Waals surface area (Å²) in [5.41, 5.74) is 11.3. The van der Waals surface area contributed by atoms with E-state index in [1.165, 1.54) is 27.5 Å². The first-order valence-corrected chi connectivity index (χ1v) is 18.2. The van der Waals surface area contributed by atoms with Gasteiger partial charge in [-0.15, -0.1) is 0 Å². The second kappa shape index (κ2) is 12.2. The lowest BCUT2D eigenvalue weighted by Gasteiger charge is -2.24. The predicted octanol–water partition coefficient (Wildman–Crippen LogP) is 11.8. The summed E-state index contributed by atoms with van der Waals surface area (Å²) in [5.74, 6) is 2.21. The van der Waals surface area contributed by atoms with E-state index in [0.29, 0.717) is 5.84 Å². The lowest BCUT2D eigenvalue weighted by Crippen LogP contribution is -2.33. The Kier molecular flexibility index (Phi) is 6.89. The quantitative estimate of drug-likeness (QED) is 0.188. The second-order valence-corrected chi connectivity index (χ2v) is 13.7. The van der Waals surface area contributed by atoms with Gasteiger partial charge in [-0.3, -0.25) is 0 Å². The van der Waals surface area contributed by atoms with Crippen LogP contribution in [0.2, 0.25) is 0 Å². The highest BCUT2D eigenvalue weighted by molar-refractivity contribution is 6.19. The Balaban J connectivity index is 1.00. The molecule has 6 nitrogen and oxygen atoms in total. The molecule has 0 fully saturated rings. The van der Waals surface area contributed by atoms with Gasteiger partial charge < -0.3 is 19.5 Å². The molecular formula is C48H32N4O2. The smallest absolute Gasteiger partial charge is 0.201 e. The Morgan fingerprint density at radius 3 is 2.02 bits per heavy atom. The molecule has 2 N–H and O–H groups in total. The molecule has 256 valence electrons. The number of aliphatic imine (C=N–C) groups is 2. The maximum Gasteiger partial charge on any atom is 0.201 e. The first-order chi connectivity index (χ1) is 26.8. The zero-order valence-corrected chi connectivity index (χ0v) is 29.1. The van der Waals surface area contributed by atoms with Gasteiger partial charge in [0.05, 0.1) is 0 Å². The van der Waals surface area contributed by atoms with E-state index < -0.39 is 0 Å². The molecule has 0 aliphatic carbocycles. The summed E-state index contributed by atoms with van der Waals surface area (Å²) < 4.78 is 12.5. The van der Waals surface area contributed by atoms with Crippen molar-refractivity contribution >= 4 is 67.3 Å². The van der Waals surface area contributed by atoms with Gasteiger partial charge in [0.25, 0.3) is 0 Å². The third kappa shape index (κ3) is 4.88. The lowest BCUT2D eigenvalue weighted by atomic mass is 9.90. The number of furan rings is 2. The van der Waals surface area contributed by atoms with Crippen molar-refractivity contribution in [3.63, 3.8) is 0 Å². The molecule has 9 aromatic rings. The molecule has 11 rings (SSSR count). The summed E-state index contributed by atoms with van der Waals surface area (Å²) >= 11 is 0. The normalized spacial score (nSPS) is 15.2. The van der Waals surface area contributed by atoms with E-state index in [0.717, 1.165) is 79.0 Å². The molecule has 4 heterocycles. The summed E-state index contributed by atoms with van der Waals surface area (Å²) in [4.78, 5) is 10.3. The van der Waals surface area contributed by atoms with Gasteiger partial charge in [0.2, 0.25) is 5.88 Å². The highest BCUT2D eigenvalue weighted by atomic mass is 16.4. The van der Waals surface area contributed by atoms with Crippen molar-refractivity contribution in [2.24, 2.45) is 9.98 Å². The fourth-order valence-corrected chi connectivity index (χ4v) is 8.09. The van der Waals surface area contributed by atoms with Crippen LogP contribution in [0.5, 0.6) is 0 Å². The van der Waals surface area contributed by atoms with Crippen LogP contribution < -0.4 is 10.6 Å². The Bertz CT molecular complexity index is 3020. The average Bonchev–Trinajstić information content (AvgIpc) is 3.82. The standard InChI is InChI=1S/C48H32N4O2/c1-2-11-30(12-3-1)45-50-46(52-47(51-45)38-17-9-21-42-44(38)39-18-10-28-49-48(39)54-42)31-24-22-29(23-25-31)32-26-27-35(34-14-5-4-13-33(32)34)36-16-8-20-41-43(36)37-15-6-7-19-40(37)53-41/h1-27,45,49H,28H2,(H,50,51,52). The Labute approximate surface area is 310 Å². The number of fused-ring (bicyclic) bond motifs is 7. The zero-order valence-electron chi connectivity index (χ0n) is 29.1.